The number of aliphatic hydroxyl groups is 3. The van der Waals surface area contributed by atoms with Crippen LogP contribution < -0.4 is 0 Å². The molecule has 0 spiro atoms. The molecule has 0 radical (unpaired) electrons. The molecular formula is C22H34O5. The Morgan fingerprint density at radius 1 is 1.04 bits per heavy atom. The fourth-order valence-electron chi connectivity index (χ4n) is 3.37. The molecular weight excluding hydrogens is 344 g/mol. The predicted octanol–water partition coefficient (Wildman–Crippen LogP) is 3.38. The molecule has 0 aromatic heterocycles. The molecule has 0 heterocycles. The summed E-state index contributed by atoms with van der Waals surface area (Å²) < 4.78 is 0. The van der Waals surface area contributed by atoms with Gasteiger partial charge in [0.05, 0.1) is 18.3 Å². The zero-order valence-electron chi connectivity index (χ0n) is 16.2. The van der Waals surface area contributed by atoms with Crippen molar-refractivity contribution in [2.24, 2.45) is 11.8 Å². The Morgan fingerprint density at radius 3 is 2.30 bits per heavy atom. The minimum absolute atomic E-state index is 0.0577. The molecule has 0 amide bonds. The lowest BCUT2D eigenvalue weighted by Gasteiger charge is -2.19. The van der Waals surface area contributed by atoms with Gasteiger partial charge in [0.1, 0.15) is 0 Å². The van der Waals surface area contributed by atoms with E-state index in [4.69, 9.17) is 5.11 Å². The highest BCUT2D eigenvalue weighted by atomic mass is 16.4. The molecule has 1 aliphatic rings. The molecule has 1 rings (SSSR count). The molecule has 1 aliphatic carbocycles. The van der Waals surface area contributed by atoms with Gasteiger partial charge in [-0.15, -0.1) is 0 Å². The maximum Gasteiger partial charge on any atom is 0.303 e. The molecule has 152 valence electrons. The largest absolute Gasteiger partial charge is 0.481 e. The Labute approximate surface area is 162 Å². The highest BCUT2D eigenvalue weighted by Gasteiger charge is 2.38. The number of hydrogen-bond acceptors (Lipinski definition) is 4. The maximum atomic E-state index is 10.3. The van der Waals surface area contributed by atoms with Gasteiger partial charge in [0.25, 0.3) is 0 Å². The first-order chi connectivity index (χ1) is 13.0. The lowest BCUT2D eigenvalue weighted by Crippen LogP contribution is -2.20. The van der Waals surface area contributed by atoms with E-state index in [-0.39, 0.29) is 18.3 Å². The molecule has 1 saturated carbocycles. The summed E-state index contributed by atoms with van der Waals surface area (Å²) in [5.41, 5.74) is 0. The summed E-state index contributed by atoms with van der Waals surface area (Å²) in [7, 11) is 0. The second-order valence-electron chi connectivity index (χ2n) is 7.03. The molecule has 4 N–H and O–H groups in total. The number of rotatable bonds is 12. The van der Waals surface area contributed by atoms with E-state index in [1.54, 1.807) is 6.08 Å². The van der Waals surface area contributed by atoms with Crippen molar-refractivity contribution in [1.29, 1.82) is 0 Å². The van der Waals surface area contributed by atoms with Gasteiger partial charge in [-0.2, -0.15) is 0 Å². The van der Waals surface area contributed by atoms with Crippen LogP contribution in [0.1, 0.15) is 51.9 Å². The highest BCUT2D eigenvalue weighted by molar-refractivity contribution is 5.66. The molecule has 5 atom stereocenters. The van der Waals surface area contributed by atoms with Crippen LogP contribution in [0.5, 0.6) is 0 Å². The molecule has 0 unspecified atom stereocenters. The Bertz CT molecular complexity index is 535. The number of carboxylic acids is 1. The van der Waals surface area contributed by atoms with Crippen molar-refractivity contribution in [3.8, 4) is 0 Å². The minimum atomic E-state index is -0.778. The lowest BCUT2D eigenvalue weighted by atomic mass is 9.90. The van der Waals surface area contributed by atoms with Gasteiger partial charge in [-0.25, -0.2) is 0 Å². The molecule has 0 aromatic carbocycles. The first kappa shape index (κ1) is 23.3. The maximum absolute atomic E-state index is 10.3. The fourth-order valence-corrected chi connectivity index (χ4v) is 3.37. The zero-order chi connectivity index (χ0) is 20.1. The molecule has 5 nitrogen and oxygen atoms in total. The molecule has 0 aliphatic heterocycles. The number of carboxylic acid groups (broad SMARTS) is 1. The summed E-state index contributed by atoms with van der Waals surface area (Å²) in [5, 5.41) is 38.5. The number of hydrogen-bond donors (Lipinski definition) is 4. The quantitative estimate of drug-likeness (QED) is 0.390. The van der Waals surface area contributed by atoms with Crippen molar-refractivity contribution in [3.63, 3.8) is 0 Å². The van der Waals surface area contributed by atoms with Crippen molar-refractivity contribution in [3.05, 3.63) is 48.6 Å². The third-order valence-electron chi connectivity index (χ3n) is 4.89. The minimum Gasteiger partial charge on any atom is -0.481 e. The second kappa shape index (κ2) is 13.5. The van der Waals surface area contributed by atoms with Gasteiger partial charge < -0.3 is 20.4 Å². The topological polar surface area (TPSA) is 98.0 Å². The second-order valence-corrected chi connectivity index (χ2v) is 7.03. The summed E-state index contributed by atoms with van der Waals surface area (Å²) in [6.07, 6.45) is 17.8. The molecule has 27 heavy (non-hydrogen) atoms. The van der Waals surface area contributed by atoms with Crippen molar-refractivity contribution >= 4 is 5.97 Å². The van der Waals surface area contributed by atoms with E-state index in [0.29, 0.717) is 19.3 Å². The van der Waals surface area contributed by atoms with E-state index in [1.807, 2.05) is 49.5 Å². The van der Waals surface area contributed by atoms with Crippen LogP contribution >= 0.6 is 0 Å². The molecule has 1 fully saturated rings. The predicted molar refractivity (Wildman–Crippen MR) is 107 cm³/mol. The molecule has 0 saturated heterocycles. The summed E-state index contributed by atoms with van der Waals surface area (Å²) in [6, 6.07) is 0. The Balaban J connectivity index is 2.21. The van der Waals surface area contributed by atoms with Gasteiger partial charge in [0.2, 0.25) is 0 Å². The van der Waals surface area contributed by atoms with Gasteiger partial charge >= 0.3 is 5.97 Å². The van der Waals surface area contributed by atoms with E-state index < -0.39 is 24.3 Å². The standard InChI is InChI=1S/C22H34O5/c1-2-18-19(21(25)16-20(18)24)15-14-17(23)12-10-8-6-4-3-5-7-9-11-13-22(26)27/h3-4,7-10,14-15,17-21,23-25H,2,5-6,11-13,16H2,1H3,(H,26,27)/b4-3-,9-7-,10-8-,15-14+/t17-,18+,19+,20+,21-/m1/s1. The average molecular weight is 379 g/mol. The van der Waals surface area contributed by atoms with Gasteiger partial charge in [0.15, 0.2) is 0 Å². The Morgan fingerprint density at radius 2 is 1.67 bits per heavy atom. The first-order valence-corrected chi connectivity index (χ1v) is 9.85. The van der Waals surface area contributed by atoms with Crippen molar-refractivity contribution in [1.82, 2.24) is 0 Å². The average Bonchev–Trinajstić information content (AvgIpc) is 2.90. The van der Waals surface area contributed by atoms with Gasteiger partial charge in [0, 0.05) is 18.8 Å². The number of aliphatic carboxylic acids is 1. The van der Waals surface area contributed by atoms with Crippen LogP contribution in [-0.2, 0) is 4.79 Å². The SMILES string of the molecule is CC[C@H]1[C@H](/C=C/[C@H](O)C/C=C\C/C=C\C/C=C\CCC(=O)O)[C@H](O)C[C@@H]1O. The van der Waals surface area contributed by atoms with Crippen LogP contribution in [0.15, 0.2) is 48.6 Å². The summed E-state index contributed by atoms with van der Waals surface area (Å²) in [6.45, 7) is 2.01. The summed E-state index contributed by atoms with van der Waals surface area (Å²) >= 11 is 0. The van der Waals surface area contributed by atoms with Crippen molar-refractivity contribution < 1.29 is 25.2 Å². The third-order valence-corrected chi connectivity index (χ3v) is 4.89. The number of allylic oxidation sites excluding steroid dienone is 5. The monoisotopic (exact) mass is 378 g/mol. The smallest absolute Gasteiger partial charge is 0.303 e. The van der Waals surface area contributed by atoms with Crippen LogP contribution in [0.4, 0.5) is 0 Å². The first-order valence-electron chi connectivity index (χ1n) is 9.85. The van der Waals surface area contributed by atoms with Crippen LogP contribution in [0, 0.1) is 11.8 Å². The van der Waals surface area contributed by atoms with Gasteiger partial charge in [-0.1, -0.05) is 62.0 Å². The fraction of sp³-hybridized carbons (Fsp3) is 0.591. The van der Waals surface area contributed by atoms with E-state index in [1.165, 1.54) is 0 Å². The molecule has 0 aromatic rings. The van der Waals surface area contributed by atoms with Crippen LogP contribution in [-0.4, -0.2) is 44.7 Å². The van der Waals surface area contributed by atoms with Crippen molar-refractivity contribution in [2.45, 2.75) is 70.2 Å². The van der Waals surface area contributed by atoms with Crippen LogP contribution in [0.2, 0.25) is 0 Å². The Hall–Kier alpha value is -1.69. The van der Waals surface area contributed by atoms with E-state index >= 15 is 0 Å². The Kier molecular flexibility index (Phi) is 11.7. The molecule has 0 bridgehead atoms. The number of aliphatic hydroxyl groups excluding tert-OH is 3. The van der Waals surface area contributed by atoms with Crippen molar-refractivity contribution in [2.75, 3.05) is 0 Å². The van der Waals surface area contributed by atoms with Gasteiger partial charge in [-0.3, -0.25) is 4.79 Å². The lowest BCUT2D eigenvalue weighted by molar-refractivity contribution is -0.136. The van der Waals surface area contributed by atoms with Gasteiger partial charge in [-0.05, 0) is 31.6 Å². The molecule has 5 heteroatoms. The van der Waals surface area contributed by atoms with Crippen LogP contribution in [0.3, 0.4) is 0 Å². The number of carbonyl (C=O) groups is 1. The summed E-state index contributed by atoms with van der Waals surface area (Å²) in [4.78, 5) is 10.3. The van der Waals surface area contributed by atoms with E-state index in [9.17, 15) is 20.1 Å². The summed E-state index contributed by atoms with van der Waals surface area (Å²) in [5.74, 6) is -0.808. The van der Waals surface area contributed by atoms with E-state index in [0.717, 1.165) is 19.3 Å². The van der Waals surface area contributed by atoms with E-state index in [2.05, 4.69) is 0 Å². The highest BCUT2D eigenvalue weighted by Crippen LogP contribution is 2.35. The van der Waals surface area contributed by atoms with Crippen LogP contribution in [0.25, 0.3) is 0 Å². The zero-order valence-corrected chi connectivity index (χ0v) is 16.2. The normalized spacial score (nSPS) is 27.6. The third kappa shape index (κ3) is 9.70.